The van der Waals surface area contributed by atoms with Gasteiger partial charge in [0.05, 0.1) is 17.3 Å². The van der Waals surface area contributed by atoms with Gasteiger partial charge in [0.15, 0.2) is 5.82 Å². The maximum atomic E-state index is 13.8. The third-order valence-electron chi connectivity index (χ3n) is 5.62. The number of rotatable bonds is 7. The fraction of sp³-hybridized carbons (Fsp3) is 0.435. The van der Waals surface area contributed by atoms with Gasteiger partial charge >= 0.3 is 0 Å². The molecular formula is C23H29FN6O2. The van der Waals surface area contributed by atoms with Crippen LogP contribution in [0.3, 0.4) is 0 Å². The topological polar surface area (TPSA) is 93.1 Å². The number of ether oxygens (including phenoxy) is 1. The molecule has 170 valence electrons. The summed E-state index contributed by atoms with van der Waals surface area (Å²) in [4.78, 5) is 21.6. The minimum Gasteiger partial charge on any atom is -0.489 e. The van der Waals surface area contributed by atoms with Gasteiger partial charge in [-0.05, 0) is 63.9 Å². The Bertz CT molecular complexity index is 1110. The van der Waals surface area contributed by atoms with Gasteiger partial charge in [-0.2, -0.15) is 0 Å². The van der Waals surface area contributed by atoms with Crippen LogP contribution >= 0.6 is 0 Å². The van der Waals surface area contributed by atoms with Crippen LogP contribution in [0.25, 0.3) is 11.0 Å². The lowest BCUT2D eigenvalue weighted by Crippen LogP contribution is -2.36. The molecule has 2 aromatic heterocycles. The van der Waals surface area contributed by atoms with Gasteiger partial charge in [-0.15, -0.1) is 0 Å². The average Bonchev–Trinajstić information content (AvgIpc) is 3.12. The Morgan fingerprint density at radius 2 is 2.06 bits per heavy atom. The largest absolute Gasteiger partial charge is 0.489 e. The van der Waals surface area contributed by atoms with E-state index in [-0.39, 0.29) is 17.8 Å². The summed E-state index contributed by atoms with van der Waals surface area (Å²) in [7, 11) is 1.81. The van der Waals surface area contributed by atoms with Crippen molar-refractivity contribution >= 4 is 28.4 Å². The molecule has 0 spiro atoms. The summed E-state index contributed by atoms with van der Waals surface area (Å²) in [6.07, 6.45) is 3.45. The van der Waals surface area contributed by atoms with Crippen molar-refractivity contribution in [3.05, 3.63) is 42.1 Å². The summed E-state index contributed by atoms with van der Waals surface area (Å²) >= 11 is 0. The van der Waals surface area contributed by atoms with Gasteiger partial charge in [0.2, 0.25) is 0 Å². The summed E-state index contributed by atoms with van der Waals surface area (Å²) in [5.74, 6) is 0.868. The third kappa shape index (κ3) is 4.83. The lowest BCUT2D eigenvalue weighted by Gasteiger charge is -2.22. The van der Waals surface area contributed by atoms with Gasteiger partial charge in [-0.1, -0.05) is 0 Å². The van der Waals surface area contributed by atoms with Crippen LogP contribution in [0.15, 0.2) is 30.6 Å². The Morgan fingerprint density at radius 1 is 1.28 bits per heavy atom. The Kier molecular flexibility index (Phi) is 6.55. The van der Waals surface area contributed by atoms with Gasteiger partial charge < -0.3 is 25.3 Å². The predicted molar refractivity (Wildman–Crippen MR) is 122 cm³/mol. The van der Waals surface area contributed by atoms with E-state index in [9.17, 15) is 9.18 Å². The maximum Gasteiger partial charge on any atom is 0.268 e. The fourth-order valence-electron chi connectivity index (χ4n) is 3.98. The molecule has 3 aromatic rings. The molecule has 1 fully saturated rings. The van der Waals surface area contributed by atoms with E-state index in [1.165, 1.54) is 18.5 Å². The minimum absolute atomic E-state index is 0.118. The van der Waals surface area contributed by atoms with Crippen molar-refractivity contribution in [1.29, 1.82) is 0 Å². The number of benzene rings is 1. The van der Waals surface area contributed by atoms with Crippen LogP contribution in [0, 0.1) is 11.7 Å². The molecule has 1 saturated heterocycles. The number of amides is 1. The SMILES string of the molecule is CC(C)Oc1cc(F)ccc1Nc1ncnc2cc(C(=O)NCC3CCNCC3)n(C)c12. The number of halogens is 1. The first kappa shape index (κ1) is 22.0. The number of hydrogen-bond donors (Lipinski definition) is 3. The van der Waals surface area contributed by atoms with E-state index in [1.54, 1.807) is 16.7 Å². The van der Waals surface area contributed by atoms with E-state index in [1.807, 2.05) is 20.9 Å². The maximum absolute atomic E-state index is 13.8. The van der Waals surface area contributed by atoms with E-state index in [0.717, 1.165) is 25.9 Å². The fourth-order valence-corrected chi connectivity index (χ4v) is 3.98. The number of fused-ring (bicyclic) bond motifs is 1. The van der Waals surface area contributed by atoms with Crippen LogP contribution in [-0.4, -0.2) is 46.2 Å². The normalized spacial score (nSPS) is 14.7. The highest BCUT2D eigenvalue weighted by atomic mass is 19.1. The molecule has 4 rings (SSSR count). The molecule has 1 aromatic carbocycles. The number of nitrogens with zero attached hydrogens (tertiary/aromatic N) is 3. The Hall–Kier alpha value is -3.20. The molecule has 9 heteroatoms. The highest BCUT2D eigenvalue weighted by Gasteiger charge is 2.20. The van der Waals surface area contributed by atoms with Gasteiger partial charge in [-0.3, -0.25) is 4.79 Å². The summed E-state index contributed by atoms with van der Waals surface area (Å²) in [6.45, 7) is 6.40. The molecule has 0 aliphatic carbocycles. The lowest BCUT2D eigenvalue weighted by molar-refractivity contribution is 0.0936. The first-order valence-corrected chi connectivity index (χ1v) is 10.9. The molecule has 8 nitrogen and oxygen atoms in total. The van der Waals surface area contributed by atoms with Crippen molar-refractivity contribution in [2.24, 2.45) is 13.0 Å². The first-order valence-electron chi connectivity index (χ1n) is 10.9. The second-order valence-electron chi connectivity index (χ2n) is 8.38. The summed E-state index contributed by atoms with van der Waals surface area (Å²) in [5, 5.41) is 9.62. The molecule has 0 atom stereocenters. The van der Waals surface area contributed by atoms with Crippen LogP contribution in [0.1, 0.15) is 37.2 Å². The number of carbonyl (C=O) groups excluding carboxylic acids is 1. The summed E-state index contributed by atoms with van der Waals surface area (Å²) in [5.41, 5.74) is 2.42. The van der Waals surface area contributed by atoms with E-state index in [0.29, 0.717) is 46.4 Å². The molecule has 1 amide bonds. The predicted octanol–water partition coefficient (Wildman–Crippen LogP) is 3.37. The molecular weight excluding hydrogens is 411 g/mol. The number of nitrogens with one attached hydrogen (secondary N) is 3. The van der Waals surface area contributed by atoms with Crippen molar-refractivity contribution in [3.8, 4) is 5.75 Å². The smallest absolute Gasteiger partial charge is 0.268 e. The molecule has 3 heterocycles. The quantitative estimate of drug-likeness (QED) is 0.522. The molecule has 3 N–H and O–H groups in total. The van der Waals surface area contributed by atoms with E-state index in [2.05, 4.69) is 25.9 Å². The summed E-state index contributed by atoms with van der Waals surface area (Å²) < 4.78 is 21.3. The highest BCUT2D eigenvalue weighted by Crippen LogP contribution is 2.32. The zero-order valence-electron chi connectivity index (χ0n) is 18.6. The standard InChI is InChI=1S/C23H29FN6O2/c1-14(2)32-20-10-16(24)4-5-17(20)29-22-21-18(27-13-28-22)11-19(30(21)3)23(31)26-12-15-6-8-25-9-7-15/h4-5,10-11,13-15,25H,6-9,12H2,1-3H3,(H,26,31)(H,27,28,29). The molecule has 0 saturated carbocycles. The van der Waals surface area contributed by atoms with Crippen molar-refractivity contribution in [2.75, 3.05) is 25.0 Å². The van der Waals surface area contributed by atoms with Crippen LogP contribution in [0.5, 0.6) is 5.75 Å². The average molecular weight is 441 g/mol. The third-order valence-corrected chi connectivity index (χ3v) is 5.62. The van der Waals surface area contributed by atoms with Crippen molar-refractivity contribution in [3.63, 3.8) is 0 Å². The van der Waals surface area contributed by atoms with Crippen molar-refractivity contribution < 1.29 is 13.9 Å². The lowest BCUT2D eigenvalue weighted by atomic mass is 9.98. The molecule has 1 aliphatic rings. The van der Waals surface area contributed by atoms with E-state index < -0.39 is 0 Å². The van der Waals surface area contributed by atoms with Crippen LogP contribution < -0.4 is 20.7 Å². The second-order valence-corrected chi connectivity index (χ2v) is 8.38. The zero-order valence-corrected chi connectivity index (χ0v) is 18.6. The Balaban J connectivity index is 1.59. The number of aryl methyl sites for hydroxylation is 1. The molecule has 32 heavy (non-hydrogen) atoms. The number of piperidine rings is 1. The molecule has 0 unspecified atom stereocenters. The van der Waals surface area contributed by atoms with Gasteiger partial charge in [0.25, 0.3) is 5.91 Å². The number of carbonyl (C=O) groups is 1. The minimum atomic E-state index is -0.384. The Morgan fingerprint density at radius 3 is 2.81 bits per heavy atom. The van der Waals surface area contributed by atoms with Gasteiger partial charge in [0, 0.05) is 19.7 Å². The number of hydrogen-bond acceptors (Lipinski definition) is 6. The highest BCUT2D eigenvalue weighted by molar-refractivity contribution is 6.00. The van der Waals surface area contributed by atoms with Gasteiger partial charge in [-0.25, -0.2) is 14.4 Å². The second kappa shape index (κ2) is 9.52. The first-order chi connectivity index (χ1) is 15.4. The number of anilines is 2. The molecule has 1 aliphatic heterocycles. The van der Waals surface area contributed by atoms with E-state index >= 15 is 0 Å². The van der Waals surface area contributed by atoms with Crippen LogP contribution in [-0.2, 0) is 7.05 Å². The number of aromatic nitrogens is 3. The van der Waals surface area contributed by atoms with Crippen molar-refractivity contribution in [2.45, 2.75) is 32.8 Å². The molecule has 0 bridgehead atoms. The zero-order chi connectivity index (χ0) is 22.7. The summed E-state index contributed by atoms with van der Waals surface area (Å²) in [6, 6.07) is 6.07. The van der Waals surface area contributed by atoms with Crippen molar-refractivity contribution in [1.82, 2.24) is 25.2 Å². The Labute approximate surface area is 186 Å². The van der Waals surface area contributed by atoms with Gasteiger partial charge in [0.1, 0.15) is 29.1 Å². The monoisotopic (exact) mass is 440 g/mol. The van der Waals surface area contributed by atoms with Crippen LogP contribution in [0.4, 0.5) is 15.9 Å². The van der Waals surface area contributed by atoms with E-state index in [4.69, 9.17) is 4.74 Å². The van der Waals surface area contributed by atoms with Crippen LogP contribution in [0.2, 0.25) is 0 Å². The molecule has 0 radical (unpaired) electrons.